The van der Waals surface area contributed by atoms with Crippen LogP contribution >= 0.6 is 0 Å². The number of fused-ring (bicyclic) bond motifs is 2. The van der Waals surface area contributed by atoms with Gasteiger partial charge in [-0.25, -0.2) is 0 Å². The molecule has 5 aliphatic carbocycles. The molecule has 3 fully saturated rings. The monoisotopic (exact) mass is 233 g/mol. The Morgan fingerprint density at radius 2 is 2.35 bits per heavy atom. The summed E-state index contributed by atoms with van der Waals surface area (Å²) < 4.78 is 5.33. The molecular weight excluding hydrogens is 218 g/mol. The van der Waals surface area contributed by atoms with E-state index in [1.807, 2.05) is 6.08 Å². The average molecular weight is 233 g/mol. The van der Waals surface area contributed by atoms with E-state index in [0.717, 1.165) is 0 Å². The van der Waals surface area contributed by atoms with Gasteiger partial charge < -0.3 is 9.84 Å². The van der Waals surface area contributed by atoms with E-state index in [-0.39, 0.29) is 11.7 Å². The lowest BCUT2D eigenvalue weighted by molar-refractivity contribution is -0.196. The molecule has 1 N–H and O–H groups in total. The van der Waals surface area contributed by atoms with Gasteiger partial charge in [-0.05, 0) is 18.8 Å². The van der Waals surface area contributed by atoms with Crippen LogP contribution in [0.4, 0.5) is 0 Å². The molecular formula is C13H15NO3. The van der Waals surface area contributed by atoms with Crippen LogP contribution in [0.5, 0.6) is 0 Å². The average Bonchev–Trinajstić information content (AvgIpc) is 2.54. The Labute approximate surface area is 99.9 Å². The SMILES string of the molecule is COC1CC2(O)CC3CC=CC2C(=O)C31C#N. The molecule has 4 heteroatoms. The first-order valence-corrected chi connectivity index (χ1v) is 5.96. The summed E-state index contributed by atoms with van der Waals surface area (Å²) >= 11 is 0. The van der Waals surface area contributed by atoms with Crippen molar-refractivity contribution in [1.82, 2.24) is 0 Å². The molecule has 5 aliphatic rings. The number of nitrogens with zero attached hydrogens (tertiary/aromatic N) is 1. The first-order valence-electron chi connectivity index (χ1n) is 5.96. The van der Waals surface area contributed by atoms with E-state index in [2.05, 4.69) is 6.07 Å². The van der Waals surface area contributed by atoms with Crippen LogP contribution < -0.4 is 0 Å². The number of hydrogen-bond acceptors (Lipinski definition) is 4. The van der Waals surface area contributed by atoms with Gasteiger partial charge in [0.2, 0.25) is 0 Å². The summed E-state index contributed by atoms with van der Waals surface area (Å²) in [4.78, 5) is 12.5. The fourth-order valence-corrected chi connectivity index (χ4v) is 3.93. The zero-order valence-corrected chi connectivity index (χ0v) is 9.72. The standard InChI is InChI=1S/C13H15NO3/c1-17-10-6-12(16)5-8-3-2-4-9(12)11(15)13(8,10)7-14/h2,4,8-10,16H,3,5-6H2,1H3. The third kappa shape index (κ3) is 1.07. The molecule has 0 radical (unpaired) electrons. The van der Waals surface area contributed by atoms with E-state index in [0.29, 0.717) is 19.3 Å². The first-order chi connectivity index (χ1) is 8.08. The van der Waals surface area contributed by atoms with Crippen LogP contribution in [0.1, 0.15) is 19.3 Å². The number of ether oxygens (including phenoxy) is 1. The normalized spacial score (nSPS) is 51.4. The summed E-state index contributed by atoms with van der Waals surface area (Å²) in [5.41, 5.74) is -2.05. The highest BCUT2D eigenvalue weighted by Gasteiger charge is 2.69. The highest BCUT2D eigenvalue weighted by Crippen LogP contribution is 2.59. The molecule has 90 valence electrons. The molecule has 0 saturated heterocycles. The van der Waals surface area contributed by atoms with Gasteiger partial charge in [-0.3, -0.25) is 4.79 Å². The minimum Gasteiger partial charge on any atom is -0.389 e. The van der Waals surface area contributed by atoms with Gasteiger partial charge in [0.15, 0.2) is 5.78 Å². The number of carbonyl (C=O) groups is 1. The molecule has 0 spiro atoms. The molecule has 0 aromatic rings. The van der Waals surface area contributed by atoms with Gasteiger partial charge in [0, 0.05) is 13.5 Å². The van der Waals surface area contributed by atoms with Gasteiger partial charge in [0.05, 0.1) is 23.7 Å². The third-order valence-electron chi connectivity index (χ3n) is 4.78. The van der Waals surface area contributed by atoms with Crippen LogP contribution in [0.3, 0.4) is 0 Å². The lowest BCUT2D eigenvalue weighted by atomic mass is 9.48. The van der Waals surface area contributed by atoms with Gasteiger partial charge in [0.1, 0.15) is 5.41 Å². The smallest absolute Gasteiger partial charge is 0.165 e. The van der Waals surface area contributed by atoms with Crippen molar-refractivity contribution in [3.63, 3.8) is 0 Å². The second kappa shape index (κ2) is 3.18. The number of methoxy groups -OCH3 is 1. The Morgan fingerprint density at radius 3 is 3.00 bits per heavy atom. The minimum absolute atomic E-state index is 0.112. The van der Waals surface area contributed by atoms with Crippen LogP contribution in [-0.2, 0) is 9.53 Å². The lowest BCUT2D eigenvalue weighted by Crippen LogP contribution is -2.67. The molecule has 0 amide bonds. The minimum atomic E-state index is -1.05. The number of ketones is 1. The summed E-state index contributed by atoms with van der Waals surface area (Å²) in [5.74, 6) is -0.781. The largest absolute Gasteiger partial charge is 0.389 e. The molecule has 5 atom stereocenters. The molecule has 5 unspecified atom stereocenters. The van der Waals surface area contributed by atoms with E-state index in [9.17, 15) is 15.2 Å². The van der Waals surface area contributed by atoms with Crippen molar-refractivity contribution < 1.29 is 14.6 Å². The Balaban J connectivity index is 2.20. The number of hydrogen-bond donors (Lipinski definition) is 1. The molecule has 4 nitrogen and oxygen atoms in total. The van der Waals surface area contributed by atoms with Crippen LogP contribution in [0.15, 0.2) is 12.2 Å². The van der Waals surface area contributed by atoms with E-state index >= 15 is 0 Å². The van der Waals surface area contributed by atoms with Crippen LogP contribution in [0.25, 0.3) is 0 Å². The molecule has 0 aromatic heterocycles. The van der Waals surface area contributed by atoms with Gasteiger partial charge in [-0.1, -0.05) is 12.2 Å². The Morgan fingerprint density at radius 1 is 1.59 bits per heavy atom. The summed E-state index contributed by atoms with van der Waals surface area (Å²) in [5, 5.41) is 20.1. The Bertz CT molecular complexity index is 452. The van der Waals surface area contributed by atoms with E-state index in [1.54, 1.807) is 6.08 Å². The summed E-state index contributed by atoms with van der Waals surface area (Å²) in [6, 6.07) is 2.22. The maximum absolute atomic E-state index is 12.5. The number of allylic oxidation sites excluding steroid dienone is 1. The van der Waals surface area contributed by atoms with Crippen LogP contribution in [-0.4, -0.2) is 29.7 Å². The number of carbonyl (C=O) groups excluding carboxylic acids is 1. The van der Waals surface area contributed by atoms with Crippen molar-refractivity contribution in [2.45, 2.75) is 31.0 Å². The zero-order chi connectivity index (χ0) is 12.3. The Hall–Kier alpha value is -1.18. The number of aliphatic hydroxyl groups is 1. The number of Topliss-reactive ketones (excluding diaryl/α,β-unsaturated/α-hetero) is 1. The summed E-state index contributed by atoms with van der Waals surface area (Å²) in [6.07, 6.45) is 4.84. The molecule has 0 aliphatic heterocycles. The van der Waals surface area contributed by atoms with Crippen molar-refractivity contribution in [3.05, 3.63) is 12.2 Å². The molecule has 3 saturated carbocycles. The van der Waals surface area contributed by atoms with E-state index in [1.165, 1.54) is 7.11 Å². The molecule has 4 bridgehead atoms. The van der Waals surface area contributed by atoms with Crippen LogP contribution in [0, 0.1) is 28.6 Å². The third-order valence-corrected chi connectivity index (χ3v) is 4.78. The second-order valence-corrected chi connectivity index (χ2v) is 5.42. The van der Waals surface area contributed by atoms with E-state index < -0.39 is 23.0 Å². The van der Waals surface area contributed by atoms with Crippen molar-refractivity contribution in [2.75, 3.05) is 7.11 Å². The van der Waals surface area contributed by atoms with Gasteiger partial charge in [-0.15, -0.1) is 0 Å². The molecule has 17 heavy (non-hydrogen) atoms. The van der Waals surface area contributed by atoms with Crippen LogP contribution in [0.2, 0.25) is 0 Å². The first kappa shape index (κ1) is 10.9. The molecule has 5 rings (SSSR count). The maximum atomic E-state index is 12.5. The predicted octanol–water partition coefficient (Wildman–Crippen LogP) is 0.811. The second-order valence-electron chi connectivity index (χ2n) is 5.42. The molecule has 0 aromatic carbocycles. The fraction of sp³-hybridized carbons (Fsp3) is 0.692. The number of rotatable bonds is 1. The van der Waals surface area contributed by atoms with Crippen molar-refractivity contribution >= 4 is 5.78 Å². The van der Waals surface area contributed by atoms with Crippen molar-refractivity contribution in [3.8, 4) is 6.07 Å². The molecule has 0 heterocycles. The summed E-state index contributed by atoms with van der Waals surface area (Å²) in [6.45, 7) is 0. The maximum Gasteiger partial charge on any atom is 0.165 e. The highest BCUT2D eigenvalue weighted by molar-refractivity contribution is 5.95. The van der Waals surface area contributed by atoms with Gasteiger partial charge in [-0.2, -0.15) is 5.26 Å². The fourth-order valence-electron chi connectivity index (χ4n) is 3.93. The number of nitriles is 1. The summed E-state index contributed by atoms with van der Waals surface area (Å²) in [7, 11) is 1.51. The van der Waals surface area contributed by atoms with Crippen molar-refractivity contribution in [2.24, 2.45) is 17.3 Å². The highest BCUT2D eigenvalue weighted by atomic mass is 16.5. The van der Waals surface area contributed by atoms with Crippen molar-refractivity contribution in [1.29, 1.82) is 5.26 Å². The Kier molecular flexibility index (Phi) is 2.05. The topological polar surface area (TPSA) is 70.3 Å². The predicted molar refractivity (Wildman–Crippen MR) is 58.8 cm³/mol. The van der Waals surface area contributed by atoms with Gasteiger partial charge in [0.25, 0.3) is 0 Å². The van der Waals surface area contributed by atoms with E-state index in [4.69, 9.17) is 4.74 Å². The quantitative estimate of drug-likeness (QED) is 0.680. The zero-order valence-electron chi connectivity index (χ0n) is 9.72. The van der Waals surface area contributed by atoms with Gasteiger partial charge >= 0.3 is 0 Å². The lowest BCUT2D eigenvalue weighted by Gasteiger charge is -2.56.